The van der Waals surface area contributed by atoms with Crippen molar-refractivity contribution in [3.63, 3.8) is 0 Å². The minimum absolute atomic E-state index is 0.0807. The zero-order chi connectivity index (χ0) is 17.8. The molecule has 0 saturated carbocycles. The van der Waals surface area contributed by atoms with Crippen LogP contribution in [0.15, 0.2) is 47.1 Å². The second kappa shape index (κ2) is 7.34. The van der Waals surface area contributed by atoms with Crippen LogP contribution >= 0.6 is 0 Å². The van der Waals surface area contributed by atoms with E-state index in [1.54, 1.807) is 6.26 Å². The van der Waals surface area contributed by atoms with Gasteiger partial charge in [-0.25, -0.2) is 0 Å². The van der Waals surface area contributed by atoms with Crippen LogP contribution in [-0.2, 0) is 6.54 Å². The zero-order valence-corrected chi connectivity index (χ0v) is 14.7. The van der Waals surface area contributed by atoms with Gasteiger partial charge in [-0.1, -0.05) is 43.7 Å². The lowest BCUT2D eigenvalue weighted by Gasteiger charge is -2.07. The van der Waals surface area contributed by atoms with Crippen LogP contribution in [0.4, 0.5) is 5.95 Å². The molecule has 3 rings (SSSR count). The van der Waals surface area contributed by atoms with Gasteiger partial charge in [-0.05, 0) is 25.0 Å². The van der Waals surface area contributed by atoms with Crippen molar-refractivity contribution < 1.29 is 9.21 Å². The third kappa shape index (κ3) is 4.15. The average molecular weight is 338 g/mol. The summed E-state index contributed by atoms with van der Waals surface area (Å²) in [7, 11) is 0. The number of nitrogens with one attached hydrogen (secondary N) is 1. The first-order valence-corrected chi connectivity index (χ1v) is 8.36. The molecule has 0 radical (unpaired) electrons. The number of carbonyl (C=O) groups excluding carboxylic acids is 1. The molecule has 0 unspecified atom stereocenters. The summed E-state index contributed by atoms with van der Waals surface area (Å²) in [5, 5.41) is 7.57. The number of nitrogens with zero attached hydrogens (tertiary/aromatic N) is 3. The first-order valence-electron chi connectivity index (χ1n) is 8.36. The predicted molar refractivity (Wildman–Crippen MR) is 96.3 cm³/mol. The first-order chi connectivity index (χ1) is 12.0. The Labute approximate surface area is 146 Å². The summed E-state index contributed by atoms with van der Waals surface area (Å²) >= 11 is 0. The summed E-state index contributed by atoms with van der Waals surface area (Å²) in [5.41, 5.74) is 2.04. The fraction of sp³-hybridized carbons (Fsp3) is 0.316. The van der Waals surface area contributed by atoms with Gasteiger partial charge >= 0.3 is 0 Å². The van der Waals surface area contributed by atoms with Crippen LogP contribution in [0.1, 0.15) is 36.4 Å². The van der Waals surface area contributed by atoms with Gasteiger partial charge in [0.25, 0.3) is 0 Å². The van der Waals surface area contributed by atoms with E-state index in [-0.39, 0.29) is 11.8 Å². The Morgan fingerprint density at radius 3 is 2.64 bits per heavy atom. The number of hydrogen-bond acceptors (Lipinski definition) is 5. The van der Waals surface area contributed by atoms with E-state index in [1.807, 2.05) is 57.2 Å². The van der Waals surface area contributed by atoms with Crippen LogP contribution in [0.5, 0.6) is 0 Å². The van der Waals surface area contributed by atoms with Crippen LogP contribution in [0.2, 0.25) is 0 Å². The van der Waals surface area contributed by atoms with Crippen LogP contribution in [0, 0.1) is 12.8 Å². The van der Waals surface area contributed by atoms with Gasteiger partial charge < -0.3 is 9.73 Å². The van der Waals surface area contributed by atoms with Gasteiger partial charge in [-0.2, -0.15) is 9.67 Å². The highest BCUT2D eigenvalue weighted by molar-refractivity contribution is 5.81. The topological polar surface area (TPSA) is 73.0 Å². The van der Waals surface area contributed by atoms with E-state index in [0.29, 0.717) is 24.7 Å². The summed E-state index contributed by atoms with van der Waals surface area (Å²) < 4.78 is 6.68. The summed E-state index contributed by atoms with van der Waals surface area (Å²) in [6.07, 6.45) is 2.02. The molecule has 6 nitrogen and oxygen atoms in total. The Kier molecular flexibility index (Phi) is 4.97. The van der Waals surface area contributed by atoms with Crippen molar-refractivity contribution in [1.29, 1.82) is 0 Å². The molecule has 0 bridgehead atoms. The van der Waals surface area contributed by atoms with Crippen LogP contribution in [-0.4, -0.2) is 20.7 Å². The maximum absolute atomic E-state index is 12.5. The van der Waals surface area contributed by atoms with E-state index in [4.69, 9.17) is 4.42 Å². The Hall–Kier alpha value is -2.89. The van der Waals surface area contributed by atoms with Gasteiger partial charge in [0.1, 0.15) is 5.76 Å². The lowest BCUT2D eigenvalue weighted by atomic mass is 10.1. The summed E-state index contributed by atoms with van der Waals surface area (Å²) in [5.74, 6) is 1.89. The van der Waals surface area contributed by atoms with Crippen molar-refractivity contribution in [2.24, 2.45) is 5.92 Å². The second-order valence-electron chi connectivity index (χ2n) is 6.46. The molecule has 0 spiro atoms. The Morgan fingerprint density at radius 1 is 1.24 bits per heavy atom. The zero-order valence-electron chi connectivity index (χ0n) is 14.7. The summed E-state index contributed by atoms with van der Waals surface area (Å²) in [4.78, 5) is 17.0. The Bertz CT molecular complexity index is 833. The van der Waals surface area contributed by atoms with Crippen LogP contribution < -0.4 is 5.32 Å². The fourth-order valence-electron chi connectivity index (χ4n) is 2.44. The smallest absolute Gasteiger partial charge is 0.250 e. The third-order valence-corrected chi connectivity index (χ3v) is 3.74. The van der Waals surface area contributed by atoms with E-state index in [9.17, 15) is 4.79 Å². The van der Waals surface area contributed by atoms with Crippen molar-refractivity contribution in [1.82, 2.24) is 14.8 Å². The fourth-order valence-corrected chi connectivity index (χ4v) is 2.44. The lowest BCUT2D eigenvalue weighted by Crippen LogP contribution is -2.18. The largest absolute Gasteiger partial charge is 0.467 e. The van der Waals surface area contributed by atoms with Crippen molar-refractivity contribution in [2.75, 3.05) is 5.32 Å². The highest BCUT2D eigenvalue weighted by Gasteiger charge is 2.18. The van der Waals surface area contributed by atoms with E-state index in [2.05, 4.69) is 15.4 Å². The molecular formula is C19H22N4O2. The van der Waals surface area contributed by atoms with E-state index in [0.717, 1.165) is 16.9 Å². The number of carbonyl (C=O) groups is 1. The molecule has 2 aromatic heterocycles. The second-order valence-corrected chi connectivity index (χ2v) is 6.46. The molecule has 3 aromatic rings. The molecule has 0 aliphatic heterocycles. The van der Waals surface area contributed by atoms with Gasteiger partial charge in [0.05, 0.1) is 12.8 Å². The van der Waals surface area contributed by atoms with Gasteiger partial charge in [0, 0.05) is 12.0 Å². The number of hydrogen-bond donors (Lipinski definition) is 1. The highest BCUT2D eigenvalue weighted by atomic mass is 16.3. The van der Waals surface area contributed by atoms with Gasteiger partial charge in [0.2, 0.25) is 11.9 Å². The molecule has 0 amide bonds. The standard InChI is InChI=1S/C19H22N4O2/c1-13(2)11-17(24)23-19(20-12-16-5-4-10-25-16)21-18(22-23)15-8-6-14(3)7-9-15/h4-10,13H,11-12H2,1-3H3,(H,20,21,22). The van der Waals surface area contributed by atoms with E-state index >= 15 is 0 Å². The van der Waals surface area contributed by atoms with Crippen molar-refractivity contribution in [3.8, 4) is 11.4 Å². The van der Waals surface area contributed by atoms with Gasteiger partial charge in [-0.3, -0.25) is 4.79 Å². The number of rotatable bonds is 6. The number of furan rings is 1. The molecular weight excluding hydrogens is 316 g/mol. The molecule has 0 atom stereocenters. The predicted octanol–water partition coefficient (Wildman–Crippen LogP) is 4.14. The molecule has 25 heavy (non-hydrogen) atoms. The molecule has 0 fully saturated rings. The molecule has 1 aromatic carbocycles. The normalized spacial score (nSPS) is 11.0. The number of aryl methyl sites for hydroxylation is 1. The number of aromatic nitrogens is 3. The maximum atomic E-state index is 12.5. The van der Waals surface area contributed by atoms with Crippen molar-refractivity contribution >= 4 is 11.9 Å². The summed E-state index contributed by atoms with van der Waals surface area (Å²) in [6, 6.07) is 11.6. The van der Waals surface area contributed by atoms with E-state index in [1.165, 1.54) is 4.68 Å². The molecule has 130 valence electrons. The maximum Gasteiger partial charge on any atom is 0.250 e. The first kappa shape index (κ1) is 17.0. The Balaban J connectivity index is 1.89. The molecule has 1 N–H and O–H groups in total. The average Bonchev–Trinajstić information content (AvgIpc) is 3.22. The van der Waals surface area contributed by atoms with Gasteiger partial charge in [0.15, 0.2) is 5.82 Å². The quantitative estimate of drug-likeness (QED) is 0.731. The summed E-state index contributed by atoms with van der Waals surface area (Å²) in [6.45, 7) is 6.48. The monoisotopic (exact) mass is 338 g/mol. The molecule has 0 saturated heterocycles. The van der Waals surface area contributed by atoms with Crippen LogP contribution in [0.25, 0.3) is 11.4 Å². The number of benzene rings is 1. The van der Waals surface area contributed by atoms with Gasteiger partial charge in [-0.15, -0.1) is 5.10 Å². The van der Waals surface area contributed by atoms with Crippen molar-refractivity contribution in [2.45, 2.75) is 33.7 Å². The lowest BCUT2D eigenvalue weighted by molar-refractivity contribution is 0.0873. The molecule has 2 heterocycles. The van der Waals surface area contributed by atoms with Crippen molar-refractivity contribution in [3.05, 3.63) is 54.0 Å². The molecule has 6 heteroatoms. The highest BCUT2D eigenvalue weighted by Crippen LogP contribution is 2.20. The number of anilines is 1. The van der Waals surface area contributed by atoms with Crippen LogP contribution in [0.3, 0.4) is 0 Å². The molecule has 0 aliphatic carbocycles. The third-order valence-electron chi connectivity index (χ3n) is 3.74. The Morgan fingerprint density at radius 2 is 2.00 bits per heavy atom. The minimum atomic E-state index is -0.0807. The minimum Gasteiger partial charge on any atom is -0.467 e. The van der Waals surface area contributed by atoms with E-state index < -0.39 is 0 Å². The SMILES string of the molecule is Cc1ccc(-c2nc(NCc3ccco3)n(C(=O)CC(C)C)n2)cc1. The molecule has 0 aliphatic rings.